The summed E-state index contributed by atoms with van der Waals surface area (Å²) < 4.78 is 5.78. The Morgan fingerprint density at radius 2 is 2.37 bits per heavy atom. The van der Waals surface area contributed by atoms with E-state index in [0.29, 0.717) is 5.92 Å². The van der Waals surface area contributed by atoms with Gasteiger partial charge in [-0.1, -0.05) is 6.07 Å². The van der Waals surface area contributed by atoms with Gasteiger partial charge in [-0.15, -0.1) is 12.4 Å². The molecule has 1 aliphatic heterocycles. The largest absolute Gasteiger partial charge is 0.493 e. The van der Waals surface area contributed by atoms with E-state index in [2.05, 4.69) is 10.6 Å². The van der Waals surface area contributed by atoms with Crippen LogP contribution in [0, 0.1) is 5.92 Å². The van der Waals surface area contributed by atoms with Crippen LogP contribution in [0.25, 0.3) is 0 Å². The van der Waals surface area contributed by atoms with Crippen LogP contribution in [0.3, 0.4) is 0 Å². The van der Waals surface area contributed by atoms with Crippen molar-refractivity contribution >= 4 is 24.0 Å². The number of anilines is 1. The first-order valence-electron chi connectivity index (χ1n) is 6.45. The second-order valence-corrected chi connectivity index (χ2v) is 4.73. The summed E-state index contributed by atoms with van der Waals surface area (Å²) in [5.74, 6) is 1.33. The first-order valence-corrected chi connectivity index (χ1v) is 6.45. The molecule has 19 heavy (non-hydrogen) atoms. The lowest BCUT2D eigenvalue weighted by Crippen LogP contribution is -2.33. The lowest BCUT2D eigenvalue weighted by atomic mass is 10.0. The van der Waals surface area contributed by atoms with Crippen molar-refractivity contribution in [3.8, 4) is 5.75 Å². The van der Waals surface area contributed by atoms with Gasteiger partial charge in [0.2, 0.25) is 5.91 Å². The summed E-state index contributed by atoms with van der Waals surface area (Å²) in [7, 11) is 0. The zero-order valence-electron chi connectivity index (χ0n) is 11.1. The van der Waals surface area contributed by atoms with Crippen LogP contribution in [0.15, 0.2) is 24.3 Å². The first-order chi connectivity index (χ1) is 8.74. The van der Waals surface area contributed by atoms with Gasteiger partial charge in [0.25, 0.3) is 0 Å². The predicted molar refractivity (Wildman–Crippen MR) is 79.1 cm³/mol. The van der Waals surface area contributed by atoms with Crippen LogP contribution < -0.4 is 15.4 Å². The molecule has 0 radical (unpaired) electrons. The second kappa shape index (κ2) is 8.02. The first kappa shape index (κ1) is 15.8. The molecule has 0 aliphatic carbocycles. The lowest BCUT2D eigenvalue weighted by molar-refractivity contribution is -0.114. The SMILES string of the molecule is CC(=O)Nc1cccc(OCC2CCCNC2)c1.Cl. The zero-order chi connectivity index (χ0) is 12.8. The quantitative estimate of drug-likeness (QED) is 0.893. The van der Waals surface area contributed by atoms with Crippen molar-refractivity contribution in [1.82, 2.24) is 5.32 Å². The third-order valence-electron chi connectivity index (χ3n) is 3.04. The number of carbonyl (C=O) groups is 1. The molecule has 1 aliphatic rings. The summed E-state index contributed by atoms with van der Waals surface area (Å²) in [4.78, 5) is 11.0. The fraction of sp³-hybridized carbons (Fsp3) is 0.500. The van der Waals surface area contributed by atoms with Gasteiger partial charge < -0.3 is 15.4 Å². The van der Waals surface area contributed by atoms with Crippen LogP contribution in [0.5, 0.6) is 5.75 Å². The maximum Gasteiger partial charge on any atom is 0.221 e. The van der Waals surface area contributed by atoms with Gasteiger partial charge in [-0.2, -0.15) is 0 Å². The Bertz CT molecular complexity index is 406. The summed E-state index contributed by atoms with van der Waals surface area (Å²) in [6.07, 6.45) is 2.44. The number of halogens is 1. The van der Waals surface area contributed by atoms with E-state index < -0.39 is 0 Å². The molecule has 1 fully saturated rings. The molecule has 1 aromatic carbocycles. The standard InChI is InChI=1S/C14H20N2O2.ClH/c1-11(17)16-13-5-2-6-14(8-13)18-10-12-4-3-7-15-9-12;/h2,5-6,8,12,15H,3-4,7,9-10H2,1H3,(H,16,17);1H. The van der Waals surface area contributed by atoms with Gasteiger partial charge in [0.15, 0.2) is 0 Å². The molecular weight excluding hydrogens is 264 g/mol. The van der Waals surface area contributed by atoms with E-state index in [1.807, 2.05) is 24.3 Å². The van der Waals surface area contributed by atoms with Crippen LogP contribution in [0.1, 0.15) is 19.8 Å². The molecule has 0 aromatic heterocycles. The lowest BCUT2D eigenvalue weighted by Gasteiger charge is -2.22. The number of nitrogens with one attached hydrogen (secondary N) is 2. The second-order valence-electron chi connectivity index (χ2n) is 4.73. The molecular formula is C14H21ClN2O2. The Morgan fingerprint density at radius 1 is 1.53 bits per heavy atom. The Hall–Kier alpha value is -1.26. The van der Waals surface area contributed by atoms with E-state index in [0.717, 1.165) is 31.1 Å². The van der Waals surface area contributed by atoms with Crippen molar-refractivity contribution < 1.29 is 9.53 Å². The molecule has 106 valence electrons. The molecule has 4 nitrogen and oxygen atoms in total. The molecule has 1 amide bonds. The summed E-state index contributed by atoms with van der Waals surface area (Å²) in [5.41, 5.74) is 0.779. The number of amides is 1. The minimum absolute atomic E-state index is 0. The fourth-order valence-corrected chi connectivity index (χ4v) is 2.15. The summed E-state index contributed by atoms with van der Waals surface area (Å²) in [6.45, 7) is 4.39. The maximum absolute atomic E-state index is 11.0. The van der Waals surface area contributed by atoms with E-state index in [4.69, 9.17) is 4.74 Å². The van der Waals surface area contributed by atoms with Crippen molar-refractivity contribution in [3.63, 3.8) is 0 Å². The van der Waals surface area contributed by atoms with Crippen LogP contribution in [-0.2, 0) is 4.79 Å². The van der Waals surface area contributed by atoms with Gasteiger partial charge in [-0.25, -0.2) is 0 Å². The van der Waals surface area contributed by atoms with E-state index in [1.165, 1.54) is 19.8 Å². The molecule has 1 aromatic rings. The number of hydrogen-bond acceptors (Lipinski definition) is 3. The average Bonchev–Trinajstić information content (AvgIpc) is 2.37. The molecule has 0 bridgehead atoms. The Balaban J connectivity index is 0.00000180. The van der Waals surface area contributed by atoms with E-state index in [1.54, 1.807) is 0 Å². The highest BCUT2D eigenvalue weighted by Gasteiger charge is 2.13. The molecule has 0 saturated carbocycles. The van der Waals surface area contributed by atoms with Crippen LogP contribution in [-0.4, -0.2) is 25.6 Å². The minimum atomic E-state index is -0.0661. The van der Waals surface area contributed by atoms with Crippen molar-refractivity contribution in [1.29, 1.82) is 0 Å². The van der Waals surface area contributed by atoms with Crippen molar-refractivity contribution in [2.75, 3.05) is 25.0 Å². The predicted octanol–water partition coefficient (Wildman–Crippen LogP) is 2.45. The number of benzene rings is 1. The maximum atomic E-state index is 11.0. The van der Waals surface area contributed by atoms with Crippen molar-refractivity contribution in [3.05, 3.63) is 24.3 Å². The molecule has 2 N–H and O–H groups in total. The van der Waals surface area contributed by atoms with Gasteiger partial charge in [0.1, 0.15) is 5.75 Å². The molecule has 1 atom stereocenters. The summed E-state index contributed by atoms with van der Waals surface area (Å²) in [6, 6.07) is 7.52. The van der Waals surface area contributed by atoms with Gasteiger partial charge in [-0.3, -0.25) is 4.79 Å². The van der Waals surface area contributed by atoms with Gasteiger partial charge in [0.05, 0.1) is 6.61 Å². The number of piperidine rings is 1. The normalized spacial score (nSPS) is 18.3. The van der Waals surface area contributed by atoms with Gasteiger partial charge in [-0.05, 0) is 31.5 Å². The monoisotopic (exact) mass is 284 g/mol. The number of ether oxygens (including phenoxy) is 1. The van der Waals surface area contributed by atoms with Crippen LogP contribution in [0.2, 0.25) is 0 Å². The van der Waals surface area contributed by atoms with E-state index >= 15 is 0 Å². The Labute approximate surface area is 120 Å². The van der Waals surface area contributed by atoms with E-state index in [9.17, 15) is 4.79 Å². The summed E-state index contributed by atoms with van der Waals surface area (Å²) >= 11 is 0. The van der Waals surface area contributed by atoms with Crippen LogP contribution in [0.4, 0.5) is 5.69 Å². The third kappa shape index (κ3) is 5.49. The van der Waals surface area contributed by atoms with Crippen LogP contribution >= 0.6 is 12.4 Å². The highest BCUT2D eigenvalue weighted by molar-refractivity contribution is 5.88. The Kier molecular flexibility index (Phi) is 6.67. The van der Waals surface area contributed by atoms with Gasteiger partial charge in [0, 0.05) is 31.1 Å². The molecule has 1 unspecified atom stereocenters. The fourth-order valence-electron chi connectivity index (χ4n) is 2.15. The molecule has 2 rings (SSSR count). The minimum Gasteiger partial charge on any atom is -0.493 e. The third-order valence-corrected chi connectivity index (χ3v) is 3.04. The van der Waals surface area contributed by atoms with Crippen molar-refractivity contribution in [2.24, 2.45) is 5.92 Å². The smallest absolute Gasteiger partial charge is 0.221 e. The van der Waals surface area contributed by atoms with Gasteiger partial charge >= 0.3 is 0 Å². The molecule has 1 saturated heterocycles. The molecule has 0 spiro atoms. The number of hydrogen-bond donors (Lipinski definition) is 2. The topological polar surface area (TPSA) is 50.4 Å². The van der Waals surface area contributed by atoms with Crippen molar-refractivity contribution in [2.45, 2.75) is 19.8 Å². The Morgan fingerprint density at radius 3 is 3.05 bits per heavy atom. The number of rotatable bonds is 4. The zero-order valence-corrected chi connectivity index (χ0v) is 12.0. The van der Waals surface area contributed by atoms with E-state index in [-0.39, 0.29) is 18.3 Å². The average molecular weight is 285 g/mol. The molecule has 1 heterocycles. The molecule has 5 heteroatoms. The summed E-state index contributed by atoms with van der Waals surface area (Å²) in [5, 5.41) is 6.12. The highest BCUT2D eigenvalue weighted by atomic mass is 35.5. The number of carbonyl (C=O) groups excluding carboxylic acids is 1. The highest BCUT2D eigenvalue weighted by Crippen LogP contribution is 2.19.